The molecule has 0 bridgehead atoms. The fraction of sp³-hybridized carbons (Fsp3) is 0.400. The van der Waals surface area contributed by atoms with Crippen molar-refractivity contribution < 1.29 is 14.6 Å². The Bertz CT molecular complexity index is 648. The largest absolute Gasteiger partial charge is 0.497 e. The lowest BCUT2D eigenvalue weighted by molar-refractivity contribution is -0.137. The maximum absolute atomic E-state index is 10.7. The van der Waals surface area contributed by atoms with Crippen LogP contribution >= 0.6 is 0 Å². The summed E-state index contributed by atoms with van der Waals surface area (Å²) < 4.78 is 7.57. The lowest BCUT2D eigenvalue weighted by atomic mass is 10.2. The third kappa shape index (κ3) is 2.36. The molecule has 0 amide bonds. The Morgan fingerprint density at radius 3 is 2.95 bits per heavy atom. The summed E-state index contributed by atoms with van der Waals surface area (Å²) in [5, 5.41) is 9.95. The van der Waals surface area contributed by atoms with E-state index in [1.165, 1.54) is 16.6 Å². The molecule has 0 spiro atoms. The van der Waals surface area contributed by atoms with E-state index in [9.17, 15) is 4.79 Å². The summed E-state index contributed by atoms with van der Waals surface area (Å²) in [6.07, 6.45) is 0.202. The molecule has 1 aliphatic rings. The number of rotatable bonds is 4. The maximum atomic E-state index is 10.7. The van der Waals surface area contributed by atoms with Crippen LogP contribution in [0.15, 0.2) is 24.3 Å². The van der Waals surface area contributed by atoms with E-state index in [0.717, 1.165) is 25.4 Å². The molecule has 0 atom stereocenters. The maximum Gasteiger partial charge on any atom is 0.304 e. The number of hydrogen-bond acceptors (Lipinski definition) is 3. The number of methoxy groups -OCH3 is 1. The Morgan fingerprint density at radius 1 is 1.35 bits per heavy atom. The van der Waals surface area contributed by atoms with Crippen molar-refractivity contribution in [3.8, 4) is 5.75 Å². The zero-order chi connectivity index (χ0) is 14.1. The van der Waals surface area contributed by atoms with E-state index in [1.54, 1.807) is 7.11 Å². The molecule has 0 radical (unpaired) electrons. The second-order valence-corrected chi connectivity index (χ2v) is 5.13. The molecule has 0 saturated heterocycles. The van der Waals surface area contributed by atoms with Crippen molar-refractivity contribution in [3.63, 3.8) is 0 Å². The van der Waals surface area contributed by atoms with Gasteiger partial charge in [0, 0.05) is 42.8 Å². The SMILES string of the molecule is COc1ccc2c(c1)cc1n2CCN(CCC(=O)O)C1. The summed E-state index contributed by atoms with van der Waals surface area (Å²) in [5.41, 5.74) is 2.46. The summed E-state index contributed by atoms with van der Waals surface area (Å²) in [5.74, 6) is 0.129. The summed E-state index contributed by atoms with van der Waals surface area (Å²) in [4.78, 5) is 12.8. The van der Waals surface area contributed by atoms with Gasteiger partial charge in [-0.3, -0.25) is 9.69 Å². The smallest absolute Gasteiger partial charge is 0.304 e. The van der Waals surface area contributed by atoms with Crippen LogP contribution in [0.4, 0.5) is 0 Å². The van der Waals surface area contributed by atoms with Crippen molar-refractivity contribution in [1.82, 2.24) is 9.47 Å². The van der Waals surface area contributed by atoms with Gasteiger partial charge in [0.25, 0.3) is 0 Å². The number of fused-ring (bicyclic) bond motifs is 3. The van der Waals surface area contributed by atoms with Gasteiger partial charge >= 0.3 is 5.97 Å². The number of aromatic nitrogens is 1. The fourth-order valence-corrected chi connectivity index (χ4v) is 2.82. The lowest BCUT2D eigenvalue weighted by Crippen LogP contribution is -2.34. The van der Waals surface area contributed by atoms with E-state index in [2.05, 4.69) is 21.6 Å². The van der Waals surface area contributed by atoms with E-state index in [1.807, 2.05) is 12.1 Å². The third-order valence-electron chi connectivity index (χ3n) is 3.86. The minimum atomic E-state index is -0.735. The summed E-state index contributed by atoms with van der Waals surface area (Å²) in [6.45, 7) is 3.23. The molecule has 106 valence electrons. The van der Waals surface area contributed by atoms with Gasteiger partial charge in [-0.25, -0.2) is 0 Å². The van der Waals surface area contributed by atoms with Crippen molar-refractivity contribution in [2.24, 2.45) is 0 Å². The highest BCUT2D eigenvalue weighted by Gasteiger charge is 2.19. The molecule has 1 aromatic carbocycles. The lowest BCUT2D eigenvalue weighted by Gasteiger charge is -2.28. The first-order valence-electron chi connectivity index (χ1n) is 6.77. The van der Waals surface area contributed by atoms with Crippen LogP contribution in [0.5, 0.6) is 5.75 Å². The second-order valence-electron chi connectivity index (χ2n) is 5.13. The Morgan fingerprint density at radius 2 is 2.20 bits per heavy atom. The van der Waals surface area contributed by atoms with Gasteiger partial charge in [0.2, 0.25) is 0 Å². The van der Waals surface area contributed by atoms with Gasteiger partial charge in [-0.1, -0.05) is 0 Å². The van der Waals surface area contributed by atoms with Crippen LogP contribution < -0.4 is 4.74 Å². The van der Waals surface area contributed by atoms with Gasteiger partial charge in [-0.2, -0.15) is 0 Å². The minimum Gasteiger partial charge on any atom is -0.497 e. The zero-order valence-corrected chi connectivity index (χ0v) is 11.5. The second kappa shape index (κ2) is 5.17. The molecule has 1 N–H and O–H groups in total. The topological polar surface area (TPSA) is 54.7 Å². The number of aliphatic carboxylic acids is 1. The highest BCUT2D eigenvalue weighted by atomic mass is 16.5. The molecule has 20 heavy (non-hydrogen) atoms. The monoisotopic (exact) mass is 274 g/mol. The third-order valence-corrected chi connectivity index (χ3v) is 3.86. The van der Waals surface area contributed by atoms with Crippen LogP contribution in [-0.4, -0.2) is 40.7 Å². The molecule has 0 fully saturated rings. The number of ether oxygens (including phenoxy) is 1. The summed E-state index contributed by atoms with van der Waals surface area (Å²) in [6, 6.07) is 8.28. The van der Waals surface area contributed by atoms with E-state index in [4.69, 9.17) is 9.84 Å². The first kappa shape index (κ1) is 13.0. The highest BCUT2D eigenvalue weighted by molar-refractivity contribution is 5.83. The Labute approximate surface area is 117 Å². The van der Waals surface area contributed by atoms with Gasteiger partial charge in [0.1, 0.15) is 5.75 Å². The van der Waals surface area contributed by atoms with Crippen LogP contribution in [0.25, 0.3) is 10.9 Å². The number of hydrogen-bond donors (Lipinski definition) is 1. The Balaban J connectivity index is 1.84. The van der Waals surface area contributed by atoms with E-state index >= 15 is 0 Å². The standard InChI is InChI=1S/C15H18N2O3/c1-20-13-2-3-14-11(9-13)8-12-10-16(5-4-15(18)19)6-7-17(12)14/h2-3,8-9H,4-7,10H2,1H3,(H,18,19). The minimum absolute atomic E-state index is 0.202. The number of nitrogens with zero attached hydrogens (tertiary/aromatic N) is 2. The Hall–Kier alpha value is -2.01. The molecule has 3 rings (SSSR count). The Kier molecular flexibility index (Phi) is 3.36. The number of carbonyl (C=O) groups is 1. The molecule has 5 heteroatoms. The van der Waals surface area contributed by atoms with Gasteiger partial charge in [-0.05, 0) is 24.3 Å². The fourth-order valence-electron chi connectivity index (χ4n) is 2.82. The molecule has 0 unspecified atom stereocenters. The first-order valence-corrected chi connectivity index (χ1v) is 6.77. The highest BCUT2D eigenvalue weighted by Crippen LogP contribution is 2.27. The van der Waals surface area contributed by atoms with E-state index < -0.39 is 5.97 Å². The predicted molar refractivity (Wildman–Crippen MR) is 76.0 cm³/mol. The normalized spacial score (nSPS) is 15.2. The van der Waals surface area contributed by atoms with Crippen molar-refractivity contribution in [2.45, 2.75) is 19.5 Å². The molecule has 1 aromatic heterocycles. The zero-order valence-electron chi connectivity index (χ0n) is 11.5. The van der Waals surface area contributed by atoms with Gasteiger partial charge in [0.15, 0.2) is 0 Å². The average molecular weight is 274 g/mol. The average Bonchev–Trinajstić information content (AvgIpc) is 2.81. The van der Waals surface area contributed by atoms with Crippen molar-refractivity contribution >= 4 is 16.9 Å². The molecule has 2 aromatic rings. The van der Waals surface area contributed by atoms with E-state index in [0.29, 0.717) is 6.54 Å². The van der Waals surface area contributed by atoms with Gasteiger partial charge in [0.05, 0.1) is 13.5 Å². The van der Waals surface area contributed by atoms with Crippen LogP contribution in [-0.2, 0) is 17.9 Å². The van der Waals surface area contributed by atoms with Crippen LogP contribution in [0.2, 0.25) is 0 Å². The first-order chi connectivity index (χ1) is 9.67. The van der Waals surface area contributed by atoms with Crippen molar-refractivity contribution in [2.75, 3.05) is 20.2 Å². The van der Waals surface area contributed by atoms with Crippen LogP contribution in [0, 0.1) is 0 Å². The molecule has 1 aliphatic heterocycles. The molecular formula is C15H18N2O3. The molecule has 5 nitrogen and oxygen atoms in total. The molecule has 0 saturated carbocycles. The van der Waals surface area contributed by atoms with Crippen molar-refractivity contribution in [1.29, 1.82) is 0 Å². The quantitative estimate of drug-likeness (QED) is 0.925. The molecule has 2 heterocycles. The summed E-state index contributed by atoms with van der Waals surface area (Å²) >= 11 is 0. The number of carboxylic acids is 1. The molecular weight excluding hydrogens is 256 g/mol. The number of carboxylic acid groups (broad SMARTS) is 1. The molecule has 0 aliphatic carbocycles. The van der Waals surface area contributed by atoms with Gasteiger partial charge in [-0.15, -0.1) is 0 Å². The van der Waals surface area contributed by atoms with Crippen molar-refractivity contribution in [3.05, 3.63) is 30.0 Å². The van der Waals surface area contributed by atoms with Crippen LogP contribution in [0.3, 0.4) is 0 Å². The number of benzene rings is 1. The van der Waals surface area contributed by atoms with Gasteiger partial charge < -0.3 is 14.4 Å². The van der Waals surface area contributed by atoms with E-state index in [-0.39, 0.29) is 6.42 Å². The predicted octanol–water partition coefficient (Wildman–Crippen LogP) is 1.94. The van der Waals surface area contributed by atoms with Crippen LogP contribution in [0.1, 0.15) is 12.1 Å². The summed E-state index contributed by atoms with van der Waals surface area (Å²) in [7, 11) is 1.67.